The maximum absolute atomic E-state index is 11.6. The fourth-order valence-electron chi connectivity index (χ4n) is 3.09. The van der Waals surface area contributed by atoms with Crippen LogP contribution in [0.2, 0.25) is 0 Å². The highest BCUT2D eigenvalue weighted by Crippen LogP contribution is 2.29. The van der Waals surface area contributed by atoms with E-state index in [0.29, 0.717) is 17.6 Å². The molecule has 1 fully saturated rings. The van der Waals surface area contributed by atoms with E-state index in [0.717, 1.165) is 44.3 Å². The SMILES string of the molecule is CCCN(c1ccccc1C(N)=O)C1CCC(N)CC1. The van der Waals surface area contributed by atoms with Crippen molar-refractivity contribution in [3.63, 3.8) is 0 Å². The minimum Gasteiger partial charge on any atom is -0.368 e. The van der Waals surface area contributed by atoms with Crippen LogP contribution in [0.3, 0.4) is 0 Å². The van der Waals surface area contributed by atoms with Crippen molar-refractivity contribution in [1.82, 2.24) is 0 Å². The minimum absolute atomic E-state index is 0.334. The third-order valence-corrected chi connectivity index (χ3v) is 4.13. The summed E-state index contributed by atoms with van der Waals surface area (Å²) in [7, 11) is 0. The topological polar surface area (TPSA) is 72.3 Å². The number of nitrogens with zero attached hydrogens (tertiary/aromatic N) is 1. The fourth-order valence-corrected chi connectivity index (χ4v) is 3.09. The summed E-state index contributed by atoms with van der Waals surface area (Å²) in [6, 6.07) is 8.46. The molecule has 1 aromatic carbocycles. The van der Waals surface area contributed by atoms with E-state index in [-0.39, 0.29) is 5.91 Å². The molecule has 0 atom stereocenters. The average molecular weight is 275 g/mol. The number of carbonyl (C=O) groups excluding carboxylic acids is 1. The summed E-state index contributed by atoms with van der Waals surface area (Å²) in [5.74, 6) is -0.353. The normalized spacial score (nSPS) is 22.5. The van der Waals surface area contributed by atoms with Crippen LogP contribution in [0.25, 0.3) is 0 Å². The van der Waals surface area contributed by atoms with E-state index in [1.807, 2.05) is 24.3 Å². The quantitative estimate of drug-likeness (QED) is 0.866. The lowest BCUT2D eigenvalue weighted by Crippen LogP contribution is -2.42. The van der Waals surface area contributed by atoms with Crippen LogP contribution in [0, 0.1) is 0 Å². The highest BCUT2D eigenvalue weighted by atomic mass is 16.1. The fraction of sp³-hybridized carbons (Fsp3) is 0.562. The second-order valence-corrected chi connectivity index (χ2v) is 5.64. The van der Waals surface area contributed by atoms with Crippen molar-refractivity contribution in [2.75, 3.05) is 11.4 Å². The van der Waals surface area contributed by atoms with Crippen molar-refractivity contribution in [2.45, 2.75) is 51.1 Å². The van der Waals surface area contributed by atoms with Crippen LogP contribution in [0.5, 0.6) is 0 Å². The Morgan fingerprint density at radius 1 is 1.25 bits per heavy atom. The van der Waals surface area contributed by atoms with E-state index >= 15 is 0 Å². The number of para-hydroxylation sites is 1. The van der Waals surface area contributed by atoms with Gasteiger partial charge < -0.3 is 16.4 Å². The molecule has 1 aliphatic carbocycles. The molecule has 1 amide bonds. The molecule has 1 aliphatic rings. The summed E-state index contributed by atoms with van der Waals surface area (Å²) in [6.07, 6.45) is 5.35. The maximum atomic E-state index is 11.6. The van der Waals surface area contributed by atoms with Crippen LogP contribution in [-0.2, 0) is 0 Å². The molecule has 4 heteroatoms. The zero-order chi connectivity index (χ0) is 14.5. The Hall–Kier alpha value is -1.55. The van der Waals surface area contributed by atoms with Gasteiger partial charge in [-0.1, -0.05) is 19.1 Å². The second-order valence-electron chi connectivity index (χ2n) is 5.64. The third kappa shape index (κ3) is 3.31. The standard InChI is InChI=1S/C16H25N3O/c1-2-11-19(13-9-7-12(17)8-10-13)15-6-4-3-5-14(15)16(18)20/h3-6,12-13H,2,7-11,17H2,1H3,(H2,18,20). The van der Waals surface area contributed by atoms with Gasteiger partial charge in [0, 0.05) is 24.3 Å². The van der Waals surface area contributed by atoms with Gasteiger partial charge in [0.15, 0.2) is 0 Å². The van der Waals surface area contributed by atoms with E-state index in [2.05, 4.69) is 11.8 Å². The van der Waals surface area contributed by atoms with Gasteiger partial charge in [-0.2, -0.15) is 0 Å². The van der Waals surface area contributed by atoms with Crippen LogP contribution >= 0.6 is 0 Å². The van der Waals surface area contributed by atoms with Gasteiger partial charge in [0.1, 0.15) is 0 Å². The molecular weight excluding hydrogens is 250 g/mol. The van der Waals surface area contributed by atoms with Crippen LogP contribution < -0.4 is 16.4 Å². The first-order valence-corrected chi connectivity index (χ1v) is 7.54. The van der Waals surface area contributed by atoms with E-state index in [9.17, 15) is 4.79 Å². The Labute approximate surface area is 121 Å². The van der Waals surface area contributed by atoms with Gasteiger partial charge in [-0.3, -0.25) is 4.79 Å². The number of hydrogen-bond donors (Lipinski definition) is 2. The summed E-state index contributed by atoms with van der Waals surface area (Å²) in [5, 5.41) is 0. The lowest BCUT2D eigenvalue weighted by Gasteiger charge is -2.38. The molecule has 0 saturated heterocycles. The number of anilines is 1. The van der Waals surface area contributed by atoms with Crippen LogP contribution in [-0.4, -0.2) is 24.5 Å². The van der Waals surface area contributed by atoms with Crippen LogP contribution in [0.4, 0.5) is 5.69 Å². The third-order valence-electron chi connectivity index (χ3n) is 4.13. The number of hydrogen-bond acceptors (Lipinski definition) is 3. The molecule has 4 nitrogen and oxygen atoms in total. The Kier molecular flexibility index (Phi) is 5.01. The van der Waals surface area contributed by atoms with Crippen molar-refractivity contribution in [2.24, 2.45) is 11.5 Å². The smallest absolute Gasteiger partial charge is 0.250 e. The van der Waals surface area contributed by atoms with Crippen molar-refractivity contribution < 1.29 is 4.79 Å². The first-order valence-electron chi connectivity index (χ1n) is 7.54. The Morgan fingerprint density at radius 2 is 1.90 bits per heavy atom. The Morgan fingerprint density at radius 3 is 2.50 bits per heavy atom. The van der Waals surface area contributed by atoms with E-state index in [4.69, 9.17) is 11.5 Å². The number of carbonyl (C=O) groups is 1. The lowest BCUT2D eigenvalue weighted by molar-refractivity contribution is 0.100. The molecule has 0 bridgehead atoms. The minimum atomic E-state index is -0.353. The summed E-state index contributed by atoms with van der Waals surface area (Å²) in [4.78, 5) is 14.0. The number of rotatable bonds is 5. The van der Waals surface area contributed by atoms with Gasteiger partial charge >= 0.3 is 0 Å². The summed E-state index contributed by atoms with van der Waals surface area (Å²) in [6.45, 7) is 3.11. The van der Waals surface area contributed by atoms with Crippen molar-refractivity contribution in [3.05, 3.63) is 29.8 Å². The van der Waals surface area contributed by atoms with Gasteiger partial charge in [-0.15, -0.1) is 0 Å². The summed E-state index contributed by atoms with van der Waals surface area (Å²) < 4.78 is 0. The zero-order valence-corrected chi connectivity index (χ0v) is 12.2. The van der Waals surface area contributed by atoms with Gasteiger partial charge in [-0.25, -0.2) is 0 Å². The Bertz CT molecular complexity index is 453. The lowest BCUT2D eigenvalue weighted by atomic mass is 9.90. The molecule has 0 aliphatic heterocycles. The summed E-state index contributed by atoms with van der Waals surface area (Å²) >= 11 is 0. The molecule has 1 aromatic rings. The molecule has 0 unspecified atom stereocenters. The Balaban J connectivity index is 2.26. The van der Waals surface area contributed by atoms with Crippen LogP contribution in [0.15, 0.2) is 24.3 Å². The zero-order valence-electron chi connectivity index (χ0n) is 12.2. The van der Waals surface area contributed by atoms with E-state index in [1.165, 1.54) is 0 Å². The predicted octanol–water partition coefficient (Wildman–Crippen LogP) is 2.27. The van der Waals surface area contributed by atoms with E-state index in [1.54, 1.807) is 0 Å². The highest BCUT2D eigenvalue weighted by Gasteiger charge is 2.26. The monoisotopic (exact) mass is 275 g/mol. The van der Waals surface area contributed by atoms with Crippen LogP contribution in [0.1, 0.15) is 49.4 Å². The largest absolute Gasteiger partial charge is 0.368 e. The van der Waals surface area contributed by atoms with Gasteiger partial charge in [0.2, 0.25) is 0 Å². The molecule has 110 valence electrons. The van der Waals surface area contributed by atoms with E-state index < -0.39 is 0 Å². The molecule has 0 spiro atoms. The van der Waals surface area contributed by atoms with Gasteiger partial charge in [-0.05, 0) is 44.2 Å². The molecule has 0 heterocycles. The first-order chi connectivity index (χ1) is 9.63. The first kappa shape index (κ1) is 14.9. The molecule has 0 aromatic heterocycles. The number of nitrogens with two attached hydrogens (primary N) is 2. The molecule has 2 rings (SSSR count). The highest BCUT2D eigenvalue weighted by molar-refractivity contribution is 5.98. The number of primary amides is 1. The van der Waals surface area contributed by atoms with Gasteiger partial charge in [0.25, 0.3) is 5.91 Å². The van der Waals surface area contributed by atoms with Crippen molar-refractivity contribution in [1.29, 1.82) is 0 Å². The molecule has 0 radical (unpaired) electrons. The predicted molar refractivity (Wildman–Crippen MR) is 82.8 cm³/mol. The summed E-state index contributed by atoms with van der Waals surface area (Å²) in [5.41, 5.74) is 13.1. The second kappa shape index (κ2) is 6.75. The average Bonchev–Trinajstić information content (AvgIpc) is 2.46. The molecular formula is C16H25N3O. The van der Waals surface area contributed by atoms with Crippen molar-refractivity contribution >= 4 is 11.6 Å². The number of amides is 1. The maximum Gasteiger partial charge on any atom is 0.250 e. The number of benzene rings is 1. The van der Waals surface area contributed by atoms with Gasteiger partial charge in [0.05, 0.1) is 5.56 Å². The molecule has 4 N–H and O–H groups in total. The molecule has 20 heavy (non-hydrogen) atoms. The van der Waals surface area contributed by atoms with Crippen molar-refractivity contribution in [3.8, 4) is 0 Å². The molecule has 1 saturated carbocycles.